The number of nitrogens with zero attached hydrogens (tertiary/aromatic N) is 1. The lowest BCUT2D eigenvalue weighted by molar-refractivity contribution is -0.177. The highest BCUT2D eigenvalue weighted by Crippen LogP contribution is 2.37. The van der Waals surface area contributed by atoms with E-state index < -0.39 is 74.8 Å². The third-order valence-electron chi connectivity index (χ3n) is 3.56. The van der Waals surface area contributed by atoms with Crippen LogP contribution in [0.25, 0.3) is 0 Å². The number of hydrogen-bond acceptors (Lipinski definition) is 7. The van der Waals surface area contributed by atoms with Gasteiger partial charge >= 0.3 is 24.0 Å². The van der Waals surface area contributed by atoms with Gasteiger partial charge in [0.05, 0.1) is 5.75 Å². The molecule has 0 spiro atoms. The number of nitrogens with one attached hydrogen (secondary N) is 1. The van der Waals surface area contributed by atoms with E-state index in [2.05, 4.69) is 4.74 Å². The van der Waals surface area contributed by atoms with Crippen LogP contribution in [0, 0.1) is 0 Å². The van der Waals surface area contributed by atoms with Crippen LogP contribution in [0.15, 0.2) is 11.3 Å². The van der Waals surface area contributed by atoms with E-state index in [4.69, 9.17) is 0 Å². The Hall–Kier alpha value is -2.64. The van der Waals surface area contributed by atoms with Crippen molar-refractivity contribution < 1.29 is 50.6 Å². The molecule has 2 atom stereocenters. The molecule has 2 N–H and O–H groups in total. The van der Waals surface area contributed by atoms with Crippen LogP contribution in [0.4, 0.5) is 13.2 Å². The minimum absolute atomic E-state index is 0.265. The first-order valence-corrected chi connectivity index (χ1v) is 8.50. The minimum atomic E-state index is -5.36. The lowest BCUT2D eigenvalue weighted by Gasteiger charge is -2.48. The van der Waals surface area contributed by atoms with Gasteiger partial charge in [-0.3, -0.25) is 19.3 Å². The number of carbonyl (C=O) groups is 4. The van der Waals surface area contributed by atoms with E-state index in [-0.39, 0.29) is 4.90 Å². The van der Waals surface area contributed by atoms with Gasteiger partial charge in [0.25, 0.3) is 5.91 Å². The standard InChI is InChI=1S/C12H11F3N2O8S/c1-4(18)25-2-5-3-26(23,24)9-6(16-11(22)12(13,14)15)8(19)17(9)7(5)10(20)21/h6,9H,2-3H2,1H3,(H,16,22)(H,20,21)/t6-,9?/m0/s1. The van der Waals surface area contributed by atoms with Gasteiger partial charge in [0.2, 0.25) is 0 Å². The minimum Gasteiger partial charge on any atom is -0.477 e. The van der Waals surface area contributed by atoms with E-state index in [0.29, 0.717) is 0 Å². The fourth-order valence-corrected chi connectivity index (χ4v) is 4.55. The van der Waals surface area contributed by atoms with Crippen LogP contribution in [-0.4, -0.2) is 72.1 Å². The topological polar surface area (TPSA) is 147 Å². The van der Waals surface area contributed by atoms with Gasteiger partial charge in [0.1, 0.15) is 18.3 Å². The van der Waals surface area contributed by atoms with E-state index in [1.54, 1.807) is 0 Å². The first-order chi connectivity index (χ1) is 11.8. The largest absolute Gasteiger partial charge is 0.477 e. The molecule has 144 valence electrons. The summed E-state index contributed by atoms with van der Waals surface area (Å²) >= 11 is 0. The third kappa shape index (κ3) is 3.36. The van der Waals surface area contributed by atoms with Crippen molar-refractivity contribution in [2.24, 2.45) is 0 Å². The van der Waals surface area contributed by atoms with Gasteiger partial charge in [-0.15, -0.1) is 0 Å². The van der Waals surface area contributed by atoms with Crippen LogP contribution in [0.5, 0.6) is 0 Å². The molecule has 2 amide bonds. The number of rotatable bonds is 4. The number of amides is 2. The maximum atomic E-state index is 12.3. The molecular weight excluding hydrogens is 389 g/mol. The summed E-state index contributed by atoms with van der Waals surface area (Å²) < 4.78 is 66.0. The molecule has 10 nitrogen and oxygen atoms in total. The van der Waals surface area contributed by atoms with Crippen molar-refractivity contribution in [3.8, 4) is 0 Å². The Morgan fingerprint density at radius 1 is 1.35 bits per heavy atom. The highest BCUT2D eigenvalue weighted by molar-refractivity contribution is 7.92. The Kier molecular flexibility index (Phi) is 4.74. The SMILES string of the molecule is CC(=O)OCC1=C(C(=O)O)N2C(=O)[C@H](NC(=O)C(F)(F)F)C2S(=O)(=O)C1. The average Bonchev–Trinajstić information content (AvgIpc) is 2.47. The Morgan fingerprint density at radius 2 is 1.92 bits per heavy atom. The molecular formula is C12H11F3N2O8S. The van der Waals surface area contributed by atoms with Crippen LogP contribution in [0.3, 0.4) is 0 Å². The number of alkyl halides is 3. The van der Waals surface area contributed by atoms with Crippen LogP contribution in [0.1, 0.15) is 6.92 Å². The Bertz CT molecular complexity index is 832. The lowest BCUT2D eigenvalue weighted by Crippen LogP contribution is -2.75. The average molecular weight is 400 g/mol. The summed E-state index contributed by atoms with van der Waals surface area (Å²) in [5, 5.41) is 8.49. The van der Waals surface area contributed by atoms with Gasteiger partial charge in [-0.05, 0) is 0 Å². The zero-order chi connectivity index (χ0) is 20.0. The summed E-state index contributed by atoms with van der Waals surface area (Å²) in [5.41, 5.74) is -1.23. The fraction of sp³-hybridized carbons (Fsp3) is 0.500. The molecule has 1 fully saturated rings. The lowest BCUT2D eigenvalue weighted by atomic mass is 10.0. The monoisotopic (exact) mass is 400 g/mol. The molecule has 0 aromatic heterocycles. The number of fused-ring (bicyclic) bond motifs is 1. The van der Waals surface area contributed by atoms with Crippen LogP contribution >= 0.6 is 0 Å². The molecule has 14 heteroatoms. The normalized spacial score (nSPS) is 24.5. The van der Waals surface area contributed by atoms with Crippen molar-refractivity contribution >= 4 is 33.6 Å². The van der Waals surface area contributed by atoms with Crippen molar-refractivity contribution in [2.75, 3.05) is 12.4 Å². The van der Waals surface area contributed by atoms with Gasteiger partial charge in [0.15, 0.2) is 15.2 Å². The molecule has 0 aromatic carbocycles. The predicted molar refractivity (Wildman–Crippen MR) is 73.7 cm³/mol. The number of sulfone groups is 1. The number of esters is 1. The number of halogens is 3. The van der Waals surface area contributed by atoms with Crippen LogP contribution in [0.2, 0.25) is 0 Å². The quantitative estimate of drug-likeness (QED) is 0.430. The second kappa shape index (κ2) is 6.26. The number of β-lactam (4-membered cyclic amide) rings is 1. The first kappa shape index (κ1) is 19.7. The van der Waals surface area contributed by atoms with Gasteiger partial charge in [-0.25, -0.2) is 13.2 Å². The predicted octanol–water partition coefficient (Wildman–Crippen LogP) is -1.47. The molecule has 2 rings (SSSR count). The van der Waals surface area contributed by atoms with E-state index in [1.165, 1.54) is 5.32 Å². The van der Waals surface area contributed by atoms with Crippen molar-refractivity contribution in [2.45, 2.75) is 24.5 Å². The van der Waals surface area contributed by atoms with Gasteiger partial charge in [-0.1, -0.05) is 0 Å². The maximum absolute atomic E-state index is 12.3. The number of carboxylic acid groups (broad SMARTS) is 1. The molecule has 0 saturated carbocycles. The number of ether oxygens (including phenoxy) is 1. The van der Waals surface area contributed by atoms with E-state index >= 15 is 0 Å². The van der Waals surface area contributed by atoms with Crippen molar-refractivity contribution in [1.29, 1.82) is 0 Å². The van der Waals surface area contributed by atoms with Crippen LogP contribution < -0.4 is 5.32 Å². The third-order valence-corrected chi connectivity index (χ3v) is 5.53. The van der Waals surface area contributed by atoms with Gasteiger partial charge in [-0.2, -0.15) is 13.2 Å². The molecule has 2 aliphatic heterocycles. The molecule has 0 aromatic rings. The molecule has 0 radical (unpaired) electrons. The molecule has 1 saturated heterocycles. The molecule has 0 aliphatic carbocycles. The Balaban J connectivity index is 2.39. The second-order valence-electron chi connectivity index (χ2n) is 5.39. The number of carboxylic acids is 1. The van der Waals surface area contributed by atoms with E-state index in [1.807, 2.05) is 0 Å². The van der Waals surface area contributed by atoms with Gasteiger partial charge < -0.3 is 15.2 Å². The van der Waals surface area contributed by atoms with Crippen molar-refractivity contribution in [1.82, 2.24) is 10.2 Å². The summed E-state index contributed by atoms with van der Waals surface area (Å²) in [7, 11) is -4.35. The zero-order valence-corrected chi connectivity index (χ0v) is 13.7. The smallest absolute Gasteiger partial charge is 0.471 e. The molecule has 26 heavy (non-hydrogen) atoms. The zero-order valence-electron chi connectivity index (χ0n) is 12.9. The van der Waals surface area contributed by atoms with E-state index in [9.17, 15) is 45.9 Å². The Morgan fingerprint density at radius 3 is 2.38 bits per heavy atom. The van der Waals surface area contributed by atoms with Crippen molar-refractivity contribution in [3.63, 3.8) is 0 Å². The molecule has 2 aliphatic rings. The summed E-state index contributed by atoms with van der Waals surface area (Å²) in [6.07, 6.45) is -5.36. The van der Waals surface area contributed by atoms with Crippen molar-refractivity contribution in [3.05, 3.63) is 11.3 Å². The Labute approximate surface area is 143 Å². The highest BCUT2D eigenvalue weighted by atomic mass is 32.2. The molecule has 1 unspecified atom stereocenters. The summed E-state index contributed by atoms with van der Waals surface area (Å²) in [6, 6.07) is -2.07. The fourth-order valence-electron chi connectivity index (χ4n) is 2.55. The molecule has 2 heterocycles. The summed E-state index contributed by atoms with van der Waals surface area (Å²) in [4.78, 5) is 45.5. The number of hydrogen-bond donors (Lipinski definition) is 2. The van der Waals surface area contributed by atoms with Gasteiger partial charge in [0, 0.05) is 12.5 Å². The molecule has 0 bridgehead atoms. The number of aliphatic carboxylic acids is 1. The first-order valence-electron chi connectivity index (χ1n) is 6.78. The van der Waals surface area contributed by atoms with E-state index in [0.717, 1.165) is 6.92 Å². The summed E-state index contributed by atoms with van der Waals surface area (Å²) in [5.74, 6) is -7.41. The van der Waals surface area contributed by atoms with Crippen LogP contribution in [-0.2, 0) is 33.8 Å². The maximum Gasteiger partial charge on any atom is 0.471 e. The highest BCUT2D eigenvalue weighted by Gasteiger charge is 2.61. The summed E-state index contributed by atoms with van der Waals surface area (Å²) in [6.45, 7) is 0.255. The second-order valence-corrected chi connectivity index (χ2v) is 7.49. The number of carbonyl (C=O) groups excluding carboxylic acids is 3.